The lowest BCUT2D eigenvalue weighted by molar-refractivity contribution is -0.116. The summed E-state index contributed by atoms with van der Waals surface area (Å²) in [6.07, 6.45) is 0. The highest BCUT2D eigenvalue weighted by atomic mass is 35.5. The van der Waals surface area contributed by atoms with Crippen molar-refractivity contribution in [1.29, 1.82) is 0 Å². The third-order valence-corrected chi connectivity index (χ3v) is 6.42. The minimum atomic E-state index is -3.90. The van der Waals surface area contributed by atoms with Crippen molar-refractivity contribution in [2.24, 2.45) is 0 Å². The highest BCUT2D eigenvalue weighted by molar-refractivity contribution is 7.89. The van der Waals surface area contributed by atoms with Crippen LogP contribution in [-0.4, -0.2) is 38.3 Å². The summed E-state index contributed by atoms with van der Waals surface area (Å²) in [6, 6.07) is 9.28. The zero-order chi connectivity index (χ0) is 20.9. The Morgan fingerprint density at radius 3 is 2.43 bits per heavy atom. The predicted molar refractivity (Wildman–Crippen MR) is 112 cm³/mol. The SMILES string of the molecule is CCOc1ccc(S(=O)(=O)N(CC)CC(=O)Nc2ccc(Cl)cc2C)cc1Cl. The summed E-state index contributed by atoms with van der Waals surface area (Å²) in [4.78, 5) is 12.4. The summed E-state index contributed by atoms with van der Waals surface area (Å²) in [6.45, 7) is 5.48. The van der Waals surface area contributed by atoms with E-state index < -0.39 is 15.9 Å². The van der Waals surface area contributed by atoms with Crippen LogP contribution in [0.1, 0.15) is 19.4 Å². The number of halogens is 2. The van der Waals surface area contributed by atoms with Gasteiger partial charge in [-0.25, -0.2) is 8.42 Å². The second-order valence-corrected chi connectivity index (χ2v) is 8.75. The molecular weight excluding hydrogens is 423 g/mol. The van der Waals surface area contributed by atoms with Crippen LogP contribution in [0.5, 0.6) is 5.75 Å². The summed E-state index contributed by atoms with van der Waals surface area (Å²) in [5.74, 6) is -0.0463. The van der Waals surface area contributed by atoms with Crippen molar-refractivity contribution in [1.82, 2.24) is 4.31 Å². The van der Waals surface area contributed by atoms with Gasteiger partial charge in [-0.2, -0.15) is 4.31 Å². The first-order chi connectivity index (χ1) is 13.2. The number of anilines is 1. The number of amides is 1. The molecule has 0 aliphatic rings. The van der Waals surface area contributed by atoms with Crippen molar-refractivity contribution in [3.63, 3.8) is 0 Å². The van der Waals surface area contributed by atoms with E-state index in [0.717, 1.165) is 9.87 Å². The van der Waals surface area contributed by atoms with E-state index in [1.54, 1.807) is 39.0 Å². The topological polar surface area (TPSA) is 75.7 Å². The van der Waals surface area contributed by atoms with Gasteiger partial charge in [-0.3, -0.25) is 4.79 Å². The Morgan fingerprint density at radius 2 is 1.86 bits per heavy atom. The van der Waals surface area contributed by atoms with Crippen molar-refractivity contribution in [2.45, 2.75) is 25.7 Å². The summed E-state index contributed by atoms with van der Waals surface area (Å²) in [7, 11) is -3.90. The summed E-state index contributed by atoms with van der Waals surface area (Å²) < 4.78 is 32.2. The monoisotopic (exact) mass is 444 g/mol. The molecule has 0 radical (unpaired) electrons. The molecule has 0 saturated heterocycles. The van der Waals surface area contributed by atoms with E-state index >= 15 is 0 Å². The third-order valence-electron chi connectivity index (χ3n) is 3.98. The number of ether oxygens (including phenoxy) is 1. The van der Waals surface area contributed by atoms with E-state index in [0.29, 0.717) is 23.1 Å². The van der Waals surface area contributed by atoms with Gasteiger partial charge in [0.25, 0.3) is 0 Å². The molecule has 0 bridgehead atoms. The molecule has 0 heterocycles. The number of hydrogen-bond acceptors (Lipinski definition) is 4. The molecular formula is C19H22Cl2N2O4S. The molecule has 1 N–H and O–H groups in total. The fourth-order valence-corrected chi connectivity index (χ4v) is 4.51. The van der Waals surface area contributed by atoms with Crippen LogP contribution in [0, 0.1) is 6.92 Å². The van der Waals surface area contributed by atoms with Crippen molar-refractivity contribution >= 4 is 44.8 Å². The lowest BCUT2D eigenvalue weighted by atomic mass is 10.2. The van der Waals surface area contributed by atoms with E-state index in [1.807, 2.05) is 0 Å². The van der Waals surface area contributed by atoms with Gasteiger partial charge in [-0.05, 0) is 55.8 Å². The van der Waals surface area contributed by atoms with Crippen LogP contribution in [0.3, 0.4) is 0 Å². The van der Waals surface area contributed by atoms with Crippen LogP contribution in [-0.2, 0) is 14.8 Å². The first-order valence-electron chi connectivity index (χ1n) is 8.67. The fraction of sp³-hybridized carbons (Fsp3) is 0.316. The Kier molecular flexibility index (Phi) is 7.71. The molecule has 28 heavy (non-hydrogen) atoms. The molecule has 0 fully saturated rings. The molecule has 2 rings (SSSR count). The predicted octanol–water partition coefficient (Wildman–Crippen LogP) is 4.35. The maximum atomic E-state index is 12.9. The first-order valence-corrected chi connectivity index (χ1v) is 10.9. The first kappa shape index (κ1) is 22.5. The standard InChI is InChI=1S/C19H22Cl2N2O4S/c1-4-23(12-19(24)22-17-8-6-14(20)10-13(17)3)28(25,26)15-7-9-18(27-5-2)16(21)11-15/h6-11H,4-5,12H2,1-3H3,(H,22,24). The van der Waals surface area contributed by atoms with Crippen molar-refractivity contribution in [3.05, 3.63) is 52.0 Å². The van der Waals surface area contributed by atoms with Gasteiger partial charge in [0.15, 0.2) is 0 Å². The van der Waals surface area contributed by atoms with Gasteiger partial charge in [0.05, 0.1) is 23.1 Å². The molecule has 152 valence electrons. The smallest absolute Gasteiger partial charge is 0.243 e. The van der Waals surface area contributed by atoms with Crippen molar-refractivity contribution in [3.8, 4) is 5.75 Å². The zero-order valence-electron chi connectivity index (χ0n) is 15.8. The lowest BCUT2D eigenvalue weighted by Gasteiger charge is -2.21. The number of aryl methyl sites for hydroxylation is 1. The molecule has 9 heteroatoms. The number of nitrogens with zero attached hydrogens (tertiary/aromatic N) is 1. The average molecular weight is 445 g/mol. The average Bonchev–Trinajstić information content (AvgIpc) is 2.63. The summed E-state index contributed by atoms with van der Waals surface area (Å²) >= 11 is 12.0. The molecule has 0 aliphatic heterocycles. The molecule has 2 aromatic carbocycles. The number of likely N-dealkylation sites (N-methyl/N-ethyl adjacent to an activating group) is 1. The quantitative estimate of drug-likeness (QED) is 0.656. The Hall–Kier alpha value is -1.80. The van der Waals surface area contributed by atoms with Gasteiger partial charge in [0.2, 0.25) is 15.9 Å². The highest BCUT2D eigenvalue weighted by Gasteiger charge is 2.26. The summed E-state index contributed by atoms with van der Waals surface area (Å²) in [5.41, 5.74) is 1.36. The molecule has 2 aromatic rings. The summed E-state index contributed by atoms with van der Waals surface area (Å²) in [5, 5.41) is 3.46. The van der Waals surface area contributed by atoms with Crippen LogP contribution < -0.4 is 10.1 Å². The van der Waals surface area contributed by atoms with E-state index in [4.69, 9.17) is 27.9 Å². The molecule has 1 amide bonds. The van der Waals surface area contributed by atoms with Crippen LogP contribution in [0.2, 0.25) is 10.0 Å². The highest BCUT2D eigenvalue weighted by Crippen LogP contribution is 2.29. The number of carbonyl (C=O) groups is 1. The van der Waals surface area contributed by atoms with Crippen LogP contribution in [0.25, 0.3) is 0 Å². The number of carbonyl (C=O) groups excluding carboxylic acids is 1. The van der Waals surface area contributed by atoms with Gasteiger partial charge in [-0.1, -0.05) is 30.1 Å². The Balaban J connectivity index is 2.18. The van der Waals surface area contributed by atoms with Gasteiger partial charge < -0.3 is 10.1 Å². The zero-order valence-corrected chi connectivity index (χ0v) is 18.2. The van der Waals surface area contributed by atoms with Gasteiger partial charge in [-0.15, -0.1) is 0 Å². The van der Waals surface area contributed by atoms with E-state index in [9.17, 15) is 13.2 Å². The molecule has 0 atom stereocenters. The molecule has 0 saturated carbocycles. The molecule has 0 aromatic heterocycles. The van der Waals surface area contributed by atoms with Gasteiger partial charge >= 0.3 is 0 Å². The second-order valence-electron chi connectivity index (χ2n) is 5.96. The van der Waals surface area contributed by atoms with Crippen LogP contribution in [0.4, 0.5) is 5.69 Å². The molecule has 0 spiro atoms. The van der Waals surface area contributed by atoms with Crippen LogP contribution >= 0.6 is 23.2 Å². The van der Waals surface area contributed by atoms with E-state index in [1.165, 1.54) is 18.2 Å². The molecule has 6 nitrogen and oxygen atoms in total. The Morgan fingerprint density at radius 1 is 1.14 bits per heavy atom. The van der Waals surface area contributed by atoms with Crippen molar-refractivity contribution < 1.29 is 17.9 Å². The largest absolute Gasteiger partial charge is 0.492 e. The molecule has 0 unspecified atom stereocenters. The van der Waals surface area contributed by atoms with E-state index in [2.05, 4.69) is 5.32 Å². The Labute approximate surface area is 175 Å². The number of hydrogen-bond donors (Lipinski definition) is 1. The normalized spacial score (nSPS) is 11.5. The minimum absolute atomic E-state index is 0.00160. The van der Waals surface area contributed by atoms with E-state index in [-0.39, 0.29) is 23.0 Å². The number of sulfonamides is 1. The van der Waals surface area contributed by atoms with Gasteiger partial charge in [0.1, 0.15) is 5.75 Å². The van der Waals surface area contributed by atoms with Crippen molar-refractivity contribution in [2.75, 3.05) is 25.0 Å². The second kappa shape index (κ2) is 9.60. The minimum Gasteiger partial charge on any atom is -0.492 e. The lowest BCUT2D eigenvalue weighted by Crippen LogP contribution is -2.37. The Bertz CT molecular complexity index is 964. The molecule has 0 aliphatic carbocycles. The third kappa shape index (κ3) is 5.38. The maximum Gasteiger partial charge on any atom is 0.243 e. The fourth-order valence-electron chi connectivity index (χ4n) is 2.55. The van der Waals surface area contributed by atoms with Crippen LogP contribution in [0.15, 0.2) is 41.3 Å². The number of benzene rings is 2. The number of rotatable bonds is 8. The number of nitrogens with one attached hydrogen (secondary N) is 1. The van der Waals surface area contributed by atoms with Gasteiger partial charge in [0, 0.05) is 17.3 Å². The maximum absolute atomic E-state index is 12.9.